The first-order valence-electron chi connectivity index (χ1n) is 15.8. The number of anilines is 1. The molecule has 0 aromatic heterocycles. The topological polar surface area (TPSA) is 82.1 Å². The average Bonchev–Trinajstić information content (AvgIpc) is 3.78. The zero-order valence-corrected chi connectivity index (χ0v) is 24.5. The van der Waals surface area contributed by atoms with Gasteiger partial charge in [0.25, 0.3) is 11.8 Å². The summed E-state index contributed by atoms with van der Waals surface area (Å²) in [6, 6.07) is 14.9. The summed E-state index contributed by atoms with van der Waals surface area (Å²) in [5.41, 5.74) is 3.50. The molecule has 2 aliphatic heterocycles. The van der Waals surface area contributed by atoms with Crippen molar-refractivity contribution in [3.05, 3.63) is 59.2 Å². The van der Waals surface area contributed by atoms with Crippen LogP contribution in [0.5, 0.6) is 5.75 Å². The number of nitrogens with zero attached hydrogens (tertiary/aromatic N) is 2. The number of carbonyl (C=O) groups excluding carboxylic acids is 2. The molecule has 0 radical (unpaired) electrons. The molecule has 2 heterocycles. The molecule has 7 nitrogen and oxygen atoms in total. The standard InChI is InChI=1S/C34H45N3O4/c1-41-27-13-14-29-28(23-27)33(15-7-5-3-2-4-6-8-16-33)24-30(35-29)25-9-11-26(12-10-25)31(38)36-19-21-37(22-20-36)32(39)34(40)17-18-34/h9-14,23,30,35,40H,2-8,15-22,24H2,1H3. The van der Waals surface area contributed by atoms with E-state index in [0.717, 1.165) is 12.2 Å². The number of ether oxygens (including phenoxy) is 1. The van der Waals surface area contributed by atoms with Crippen LogP contribution in [-0.2, 0) is 10.2 Å². The lowest BCUT2D eigenvalue weighted by Gasteiger charge is -2.44. The van der Waals surface area contributed by atoms with Crippen molar-refractivity contribution in [2.75, 3.05) is 38.6 Å². The molecule has 1 atom stereocenters. The molecule has 2 aliphatic carbocycles. The summed E-state index contributed by atoms with van der Waals surface area (Å²) in [6.45, 7) is 1.94. The van der Waals surface area contributed by atoms with Crippen molar-refractivity contribution in [1.82, 2.24) is 9.80 Å². The van der Waals surface area contributed by atoms with Crippen molar-refractivity contribution in [3.63, 3.8) is 0 Å². The highest BCUT2D eigenvalue weighted by molar-refractivity contribution is 5.94. The van der Waals surface area contributed by atoms with E-state index in [1.807, 2.05) is 17.0 Å². The number of aliphatic hydroxyl groups is 1. The second kappa shape index (κ2) is 11.7. The fourth-order valence-corrected chi connectivity index (χ4v) is 7.34. The molecule has 4 aliphatic rings. The van der Waals surface area contributed by atoms with Gasteiger partial charge < -0.3 is 25.0 Å². The van der Waals surface area contributed by atoms with Crippen molar-refractivity contribution in [2.45, 2.75) is 94.1 Å². The van der Waals surface area contributed by atoms with Gasteiger partial charge in [0, 0.05) is 37.4 Å². The number of piperazine rings is 1. The van der Waals surface area contributed by atoms with E-state index in [1.165, 1.54) is 74.6 Å². The predicted octanol–water partition coefficient (Wildman–Crippen LogP) is 5.82. The van der Waals surface area contributed by atoms with E-state index < -0.39 is 5.60 Å². The van der Waals surface area contributed by atoms with Crippen molar-refractivity contribution >= 4 is 17.5 Å². The molecule has 1 saturated heterocycles. The van der Waals surface area contributed by atoms with Crippen LogP contribution in [0.25, 0.3) is 0 Å². The molecule has 2 aromatic rings. The zero-order chi connectivity index (χ0) is 28.5. The first kappa shape index (κ1) is 28.1. The minimum Gasteiger partial charge on any atom is -0.497 e. The SMILES string of the molecule is COc1ccc2c(c1)C1(CCCCCCCCC1)CC(c1ccc(C(=O)N3CCN(C(=O)C4(O)CC4)CC3)cc1)N2. The summed E-state index contributed by atoms with van der Waals surface area (Å²) in [7, 11) is 1.75. The van der Waals surface area contributed by atoms with Gasteiger partial charge in [-0.25, -0.2) is 0 Å². The Morgan fingerprint density at radius 2 is 1.44 bits per heavy atom. The number of nitrogens with one attached hydrogen (secondary N) is 1. The first-order chi connectivity index (χ1) is 19.9. The quantitative estimate of drug-likeness (QED) is 0.493. The Balaban J connectivity index is 1.17. The molecule has 7 heteroatoms. The van der Waals surface area contributed by atoms with Gasteiger partial charge in [-0.05, 0) is 79.0 Å². The summed E-state index contributed by atoms with van der Waals surface area (Å²) in [6.07, 6.45) is 13.7. The smallest absolute Gasteiger partial charge is 0.254 e. The lowest BCUT2D eigenvalue weighted by atomic mass is 9.65. The Morgan fingerprint density at radius 3 is 2.05 bits per heavy atom. The Morgan fingerprint density at radius 1 is 0.829 bits per heavy atom. The van der Waals surface area contributed by atoms with E-state index in [2.05, 4.69) is 35.6 Å². The van der Waals surface area contributed by atoms with E-state index in [1.54, 1.807) is 12.0 Å². The van der Waals surface area contributed by atoms with E-state index in [-0.39, 0.29) is 23.3 Å². The molecule has 1 unspecified atom stereocenters. The number of carbonyl (C=O) groups is 2. The van der Waals surface area contributed by atoms with Crippen LogP contribution in [0.2, 0.25) is 0 Å². The van der Waals surface area contributed by atoms with Crippen molar-refractivity contribution < 1.29 is 19.4 Å². The first-order valence-corrected chi connectivity index (χ1v) is 15.8. The summed E-state index contributed by atoms with van der Waals surface area (Å²) in [4.78, 5) is 29.3. The predicted molar refractivity (Wildman–Crippen MR) is 160 cm³/mol. The van der Waals surface area contributed by atoms with Crippen LogP contribution in [0.1, 0.15) is 105 Å². The number of methoxy groups -OCH3 is 1. The van der Waals surface area contributed by atoms with Gasteiger partial charge in [-0.3, -0.25) is 9.59 Å². The van der Waals surface area contributed by atoms with Crippen molar-refractivity contribution in [3.8, 4) is 5.75 Å². The van der Waals surface area contributed by atoms with Crippen LogP contribution in [0, 0.1) is 0 Å². The van der Waals surface area contributed by atoms with E-state index in [0.29, 0.717) is 44.6 Å². The monoisotopic (exact) mass is 559 g/mol. The van der Waals surface area contributed by atoms with Gasteiger partial charge in [0.2, 0.25) is 0 Å². The maximum Gasteiger partial charge on any atom is 0.254 e. The largest absolute Gasteiger partial charge is 0.497 e. The zero-order valence-electron chi connectivity index (χ0n) is 24.5. The Bertz CT molecular complexity index is 1240. The third kappa shape index (κ3) is 5.83. The van der Waals surface area contributed by atoms with Gasteiger partial charge in [0.05, 0.1) is 13.2 Å². The van der Waals surface area contributed by atoms with Crippen LogP contribution in [0.15, 0.2) is 42.5 Å². The molecule has 3 fully saturated rings. The Hall–Kier alpha value is -3.06. The highest BCUT2D eigenvalue weighted by Gasteiger charge is 2.50. The van der Waals surface area contributed by atoms with Crippen LogP contribution < -0.4 is 10.1 Å². The van der Waals surface area contributed by atoms with Gasteiger partial charge in [-0.1, -0.05) is 57.1 Å². The lowest BCUT2D eigenvalue weighted by molar-refractivity contribution is -0.143. The molecule has 1 spiro atoms. The van der Waals surface area contributed by atoms with Gasteiger partial charge in [0.1, 0.15) is 11.4 Å². The number of hydrogen-bond acceptors (Lipinski definition) is 5. The second-order valence-electron chi connectivity index (χ2n) is 12.8. The third-order valence-electron chi connectivity index (χ3n) is 10.1. The van der Waals surface area contributed by atoms with Gasteiger partial charge >= 0.3 is 0 Å². The normalized spacial score (nSPS) is 23.7. The molecule has 2 N–H and O–H groups in total. The van der Waals surface area contributed by atoms with Crippen LogP contribution >= 0.6 is 0 Å². The minimum atomic E-state index is -1.14. The minimum absolute atomic E-state index is 0.00614. The highest BCUT2D eigenvalue weighted by Crippen LogP contribution is 2.51. The Labute approximate surface area is 244 Å². The number of rotatable bonds is 4. The highest BCUT2D eigenvalue weighted by atomic mass is 16.5. The van der Waals surface area contributed by atoms with E-state index >= 15 is 0 Å². The summed E-state index contributed by atoms with van der Waals surface area (Å²) >= 11 is 0. The van der Waals surface area contributed by atoms with Gasteiger partial charge in [0.15, 0.2) is 0 Å². The fraction of sp³-hybridized carbons (Fsp3) is 0.588. The molecule has 2 aromatic carbocycles. The number of amides is 2. The molecular formula is C34H45N3O4. The van der Waals surface area contributed by atoms with Crippen LogP contribution in [0.4, 0.5) is 5.69 Å². The average molecular weight is 560 g/mol. The Kier molecular flexibility index (Phi) is 7.99. The molecule has 220 valence electrons. The number of fused-ring (bicyclic) bond motifs is 2. The number of hydrogen-bond donors (Lipinski definition) is 2. The molecule has 6 rings (SSSR count). The van der Waals surface area contributed by atoms with Gasteiger partial charge in [-0.2, -0.15) is 0 Å². The van der Waals surface area contributed by atoms with Crippen LogP contribution in [-0.4, -0.2) is 65.6 Å². The van der Waals surface area contributed by atoms with Gasteiger partial charge in [-0.15, -0.1) is 0 Å². The summed E-state index contributed by atoms with van der Waals surface area (Å²) < 4.78 is 5.65. The van der Waals surface area contributed by atoms with Crippen molar-refractivity contribution in [1.29, 1.82) is 0 Å². The van der Waals surface area contributed by atoms with E-state index in [9.17, 15) is 14.7 Å². The molecule has 41 heavy (non-hydrogen) atoms. The fourth-order valence-electron chi connectivity index (χ4n) is 7.34. The van der Waals surface area contributed by atoms with Crippen LogP contribution in [0.3, 0.4) is 0 Å². The second-order valence-corrected chi connectivity index (χ2v) is 12.8. The maximum atomic E-state index is 13.3. The molecular weight excluding hydrogens is 514 g/mol. The lowest BCUT2D eigenvalue weighted by Crippen LogP contribution is -2.53. The molecule has 2 amide bonds. The number of benzene rings is 2. The molecule has 0 bridgehead atoms. The third-order valence-corrected chi connectivity index (χ3v) is 10.1. The maximum absolute atomic E-state index is 13.3. The molecule has 2 saturated carbocycles. The summed E-state index contributed by atoms with van der Waals surface area (Å²) in [5, 5.41) is 14.0. The summed E-state index contributed by atoms with van der Waals surface area (Å²) in [5.74, 6) is 0.755. The van der Waals surface area contributed by atoms with Crippen molar-refractivity contribution in [2.24, 2.45) is 0 Å². The van der Waals surface area contributed by atoms with E-state index in [4.69, 9.17) is 4.74 Å².